The highest BCUT2D eigenvalue weighted by molar-refractivity contribution is 4.54. The van der Waals surface area contributed by atoms with Gasteiger partial charge in [-0.25, -0.2) is 0 Å². The maximum absolute atomic E-state index is 8.82. The summed E-state index contributed by atoms with van der Waals surface area (Å²) in [6.45, 7) is 4.42. The van der Waals surface area contributed by atoms with E-state index in [4.69, 9.17) is 10.2 Å². The standard InChI is InChI=1S/C8H18NO2/c10-7-5-9(6-8-11)3-1-2-4-9/h10-11H,1-8H2/q+1. The van der Waals surface area contributed by atoms with Crippen LogP contribution in [0.15, 0.2) is 0 Å². The Kier molecular flexibility index (Phi) is 3.30. The molecule has 1 heterocycles. The van der Waals surface area contributed by atoms with Gasteiger partial charge in [0.1, 0.15) is 13.1 Å². The van der Waals surface area contributed by atoms with Crippen LogP contribution in [0.25, 0.3) is 0 Å². The molecule has 0 atom stereocenters. The zero-order valence-corrected chi connectivity index (χ0v) is 7.00. The number of hydrogen-bond donors (Lipinski definition) is 2. The van der Waals surface area contributed by atoms with E-state index in [1.807, 2.05) is 0 Å². The SMILES string of the molecule is OCC[N+]1(CCO)CCCC1. The van der Waals surface area contributed by atoms with Crippen LogP contribution in [0.4, 0.5) is 0 Å². The van der Waals surface area contributed by atoms with E-state index < -0.39 is 0 Å². The van der Waals surface area contributed by atoms with E-state index in [1.54, 1.807) is 0 Å². The minimum atomic E-state index is 0.250. The summed E-state index contributed by atoms with van der Waals surface area (Å²) in [6.07, 6.45) is 2.50. The second-order valence-corrected chi connectivity index (χ2v) is 3.39. The molecule has 0 aliphatic carbocycles. The number of rotatable bonds is 4. The fourth-order valence-electron chi connectivity index (χ4n) is 1.99. The van der Waals surface area contributed by atoms with Crippen molar-refractivity contribution in [3.05, 3.63) is 0 Å². The summed E-state index contributed by atoms with van der Waals surface area (Å²) in [7, 11) is 0. The summed E-state index contributed by atoms with van der Waals surface area (Å²) in [4.78, 5) is 0. The first-order chi connectivity index (χ1) is 5.33. The molecule has 2 N–H and O–H groups in total. The molecule has 0 bridgehead atoms. The highest BCUT2D eigenvalue weighted by Gasteiger charge is 2.30. The minimum absolute atomic E-state index is 0.250. The predicted octanol–water partition coefficient (Wildman–Crippen LogP) is -0.418. The van der Waals surface area contributed by atoms with Crippen molar-refractivity contribution in [2.24, 2.45) is 0 Å². The zero-order valence-electron chi connectivity index (χ0n) is 7.00. The van der Waals surface area contributed by atoms with Crippen molar-refractivity contribution < 1.29 is 14.7 Å². The van der Waals surface area contributed by atoms with Crippen molar-refractivity contribution >= 4 is 0 Å². The van der Waals surface area contributed by atoms with Gasteiger partial charge in [0.25, 0.3) is 0 Å². The Hall–Kier alpha value is -0.120. The molecule has 1 rings (SSSR count). The number of likely N-dealkylation sites (tertiary alicyclic amines) is 1. The Balaban J connectivity index is 2.40. The molecule has 0 amide bonds. The first kappa shape index (κ1) is 8.97. The van der Waals surface area contributed by atoms with Gasteiger partial charge in [-0.05, 0) is 0 Å². The highest BCUT2D eigenvalue weighted by atomic mass is 16.3. The van der Waals surface area contributed by atoms with Crippen LogP contribution in [0.2, 0.25) is 0 Å². The van der Waals surface area contributed by atoms with Gasteiger partial charge >= 0.3 is 0 Å². The predicted molar refractivity (Wildman–Crippen MR) is 43.1 cm³/mol. The summed E-state index contributed by atoms with van der Waals surface area (Å²) in [5, 5.41) is 17.6. The number of aliphatic hydroxyl groups excluding tert-OH is 2. The molecule has 3 nitrogen and oxygen atoms in total. The van der Waals surface area contributed by atoms with Gasteiger partial charge < -0.3 is 14.7 Å². The van der Waals surface area contributed by atoms with E-state index in [2.05, 4.69) is 0 Å². The Bertz CT molecular complexity index is 103. The molecule has 0 aromatic heterocycles. The smallest absolute Gasteiger partial charge is 0.102 e. The third-order valence-corrected chi connectivity index (χ3v) is 2.66. The zero-order chi connectivity index (χ0) is 8.16. The summed E-state index contributed by atoms with van der Waals surface area (Å²) in [5.41, 5.74) is 0. The summed E-state index contributed by atoms with van der Waals surface area (Å²) in [5.74, 6) is 0. The van der Waals surface area contributed by atoms with E-state index in [-0.39, 0.29) is 13.2 Å². The topological polar surface area (TPSA) is 40.5 Å². The average molecular weight is 160 g/mol. The summed E-state index contributed by atoms with van der Waals surface area (Å²) in [6, 6.07) is 0. The lowest BCUT2D eigenvalue weighted by atomic mass is 10.4. The van der Waals surface area contributed by atoms with E-state index in [0.717, 1.165) is 30.7 Å². The molecule has 0 unspecified atom stereocenters. The molecule has 1 saturated heterocycles. The Morgan fingerprint density at radius 1 is 0.909 bits per heavy atom. The van der Waals surface area contributed by atoms with E-state index in [1.165, 1.54) is 12.8 Å². The van der Waals surface area contributed by atoms with Crippen molar-refractivity contribution in [3.63, 3.8) is 0 Å². The molecule has 0 saturated carbocycles. The molecule has 1 aliphatic rings. The van der Waals surface area contributed by atoms with Crippen LogP contribution in [-0.2, 0) is 0 Å². The van der Waals surface area contributed by atoms with Crippen molar-refractivity contribution in [2.75, 3.05) is 39.4 Å². The van der Waals surface area contributed by atoms with E-state index in [0.29, 0.717) is 0 Å². The third kappa shape index (κ3) is 2.15. The lowest BCUT2D eigenvalue weighted by molar-refractivity contribution is -0.917. The van der Waals surface area contributed by atoms with Crippen molar-refractivity contribution in [2.45, 2.75) is 12.8 Å². The molecular formula is C8H18NO2+. The molecular weight excluding hydrogens is 142 g/mol. The monoisotopic (exact) mass is 160 g/mol. The molecule has 3 heteroatoms. The van der Waals surface area contributed by atoms with Gasteiger partial charge in [0.05, 0.1) is 26.3 Å². The fourth-order valence-corrected chi connectivity index (χ4v) is 1.99. The van der Waals surface area contributed by atoms with E-state index >= 15 is 0 Å². The van der Waals surface area contributed by atoms with Gasteiger partial charge in [0.15, 0.2) is 0 Å². The van der Waals surface area contributed by atoms with Crippen LogP contribution in [0, 0.1) is 0 Å². The van der Waals surface area contributed by atoms with Crippen LogP contribution in [0.5, 0.6) is 0 Å². The first-order valence-electron chi connectivity index (χ1n) is 4.40. The van der Waals surface area contributed by atoms with E-state index in [9.17, 15) is 0 Å². The fraction of sp³-hybridized carbons (Fsp3) is 1.00. The Labute approximate surface area is 67.8 Å². The van der Waals surface area contributed by atoms with Crippen LogP contribution in [0.3, 0.4) is 0 Å². The van der Waals surface area contributed by atoms with Gasteiger partial charge in [0, 0.05) is 12.8 Å². The second kappa shape index (κ2) is 4.04. The lowest BCUT2D eigenvalue weighted by Gasteiger charge is -2.32. The van der Waals surface area contributed by atoms with Crippen molar-refractivity contribution in [1.29, 1.82) is 0 Å². The quantitative estimate of drug-likeness (QED) is 0.548. The van der Waals surface area contributed by atoms with Crippen LogP contribution >= 0.6 is 0 Å². The molecule has 0 aromatic rings. The first-order valence-corrected chi connectivity index (χ1v) is 4.40. The number of hydrogen-bond acceptors (Lipinski definition) is 2. The Morgan fingerprint density at radius 3 is 1.73 bits per heavy atom. The average Bonchev–Trinajstić information content (AvgIpc) is 2.39. The molecule has 11 heavy (non-hydrogen) atoms. The van der Waals surface area contributed by atoms with Gasteiger partial charge in [-0.1, -0.05) is 0 Å². The van der Waals surface area contributed by atoms with Gasteiger partial charge in [0.2, 0.25) is 0 Å². The largest absolute Gasteiger partial charge is 0.391 e. The van der Waals surface area contributed by atoms with Gasteiger partial charge in [-0.2, -0.15) is 0 Å². The van der Waals surface area contributed by atoms with Gasteiger partial charge in [-0.15, -0.1) is 0 Å². The summed E-state index contributed by atoms with van der Waals surface area (Å²) >= 11 is 0. The van der Waals surface area contributed by atoms with Crippen LogP contribution in [-0.4, -0.2) is 54.1 Å². The molecule has 0 aromatic carbocycles. The minimum Gasteiger partial charge on any atom is -0.391 e. The molecule has 0 radical (unpaired) electrons. The number of aliphatic hydroxyl groups is 2. The molecule has 1 fully saturated rings. The normalized spacial score (nSPS) is 22.4. The summed E-state index contributed by atoms with van der Waals surface area (Å²) < 4.78 is 0.938. The lowest BCUT2D eigenvalue weighted by Crippen LogP contribution is -2.49. The van der Waals surface area contributed by atoms with Crippen molar-refractivity contribution in [1.82, 2.24) is 0 Å². The van der Waals surface area contributed by atoms with Crippen LogP contribution < -0.4 is 0 Å². The van der Waals surface area contributed by atoms with Gasteiger partial charge in [-0.3, -0.25) is 0 Å². The molecule has 66 valence electrons. The highest BCUT2D eigenvalue weighted by Crippen LogP contribution is 2.17. The molecule has 1 aliphatic heterocycles. The number of nitrogens with zero attached hydrogens (tertiary/aromatic N) is 1. The second-order valence-electron chi connectivity index (χ2n) is 3.39. The maximum atomic E-state index is 8.82. The van der Waals surface area contributed by atoms with Crippen molar-refractivity contribution in [3.8, 4) is 0 Å². The third-order valence-electron chi connectivity index (χ3n) is 2.66. The molecule has 0 spiro atoms. The van der Waals surface area contributed by atoms with Crippen LogP contribution in [0.1, 0.15) is 12.8 Å². The Morgan fingerprint density at radius 2 is 1.36 bits per heavy atom. The number of quaternary nitrogens is 1. The maximum Gasteiger partial charge on any atom is 0.102 e.